The number of amides is 1. The van der Waals surface area contributed by atoms with Gasteiger partial charge in [0.2, 0.25) is 5.91 Å². The first-order valence-electron chi connectivity index (χ1n) is 9.63. The topological polar surface area (TPSA) is 79.0 Å². The molecule has 148 valence electrons. The molecule has 0 bridgehead atoms. The summed E-state index contributed by atoms with van der Waals surface area (Å²) >= 11 is 0. The molecule has 3 heterocycles. The maximum atomic E-state index is 13.9. The second-order valence-corrected chi connectivity index (χ2v) is 7.20. The fourth-order valence-corrected chi connectivity index (χ4v) is 3.68. The summed E-state index contributed by atoms with van der Waals surface area (Å²) in [6, 6.07) is 11.4. The van der Waals surface area contributed by atoms with Crippen molar-refractivity contribution >= 4 is 5.91 Å². The largest absolute Gasteiger partial charge is 0.342 e. The second-order valence-electron chi connectivity index (χ2n) is 7.20. The summed E-state index contributed by atoms with van der Waals surface area (Å²) in [6.45, 7) is 1.08. The number of hydrogen-bond donors (Lipinski definition) is 1. The van der Waals surface area contributed by atoms with Gasteiger partial charge in [0.25, 0.3) is 5.56 Å². The zero-order chi connectivity index (χ0) is 20.2. The van der Waals surface area contributed by atoms with Crippen molar-refractivity contribution < 1.29 is 9.18 Å². The lowest BCUT2D eigenvalue weighted by molar-refractivity contribution is -0.131. The lowest BCUT2D eigenvalue weighted by Crippen LogP contribution is -2.40. The van der Waals surface area contributed by atoms with Gasteiger partial charge >= 0.3 is 0 Å². The predicted octanol–water partition coefficient (Wildman–Crippen LogP) is 2.92. The predicted molar refractivity (Wildman–Crippen MR) is 107 cm³/mol. The van der Waals surface area contributed by atoms with Crippen molar-refractivity contribution in [3.63, 3.8) is 0 Å². The van der Waals surface area contributed by atoms with E-state index in [1.165, 1.54) is 12.1 Å². The number of nitrogens with one attached hydrogen (secondary N) is 1. The minimum Gasteiger partial charge on any atom is -0.342 e. The molecule has 0 unspecified atom stereocenters. The number of hydrogen-bond acceptors (Lipinski definition) is 4. The molecule has 0 aliphatic carbocycles. The number of halogens is 1. The summed E-state index contributed by atoms with van der Waals surface area (Å²) in [5.41, 5.74) is 1.57. The number of carbonyl (C=O) groups excluding carboxylic acids is 1. The lowest BCUT2D eigenvalue weighted by Gasteiger charge is -2.32. The van der Waals surface area contributed by atoms with Gasteiger partial charge in [-0.1, -0.05) is 18.2 Å². The number of piperidine rings is 1. The number of H-pyrrole nitrogens is 1. The quantitative estimate of drug-likeness (QED) is 0.741. The summed E-state index contributed by atoms with van der Waals surface area (Å²) in [7, 11) is 0. The number of aromatic nitrogens is 3. The third kappa shape index (κ3) is 4.39. The summed E-state index contributed by atoms with van der Waals surface area (Å²) in [6.07, 6.45) is 4.96. The van der Waals surface area contributed by atoms with E-state index in [0.29, 0.717) is 30.2 Å². The van der Waals surface area contributed by atoms with Gasteiger partial charge in [-0.25, -0.2) is 9.37 Å². The van der Waals surface area contributed by atoms with E-state index < -0.39 is 0 Å². The van der Waals surface area contributed by atoms with Gasteiger partial charge in [0.05, 0.1) is 12.1 Å². The molecular weight excluding hydrogens is 371 g/mol. The maximum absolute atomic E-state index is 13.9. The highest BCUT2D eigenvalue weighted by Gasteiger charge is 2.27. The monoisotopic (exact) mass is 392 g/mol. The van der Waals surface area contributed by atoms with Crippen LogP contribution in [0.3, 0.4) is 0 Å². The number of benzene rings is 1. The molecule has 1 fully saturated rings. The first kappa shape index (κ1) is 19.0. The highest BCUT2D eigenvalue weighted by atomic mass is 19.1. The molecule has 0 spiro atoms. The van der Waals surface area contributed by atoms with Crippen molar-refractivity contribution in [3.05, 3.63) is 82.4 Å². The third-order valence-electron chi connectivity index (χ3n) is 5.20. The fraction of sp³-hybridized carbons (Fsp3) is 0.273. The van der Waals surface area contributed by atoms with Crippen molar-refractivity contribution in [2.24, 2.45) is 0 Å². The summed E-state index contributed by atoms with van der Waals surface area (Å²) < 4.78 is 13.9. The van der Waals surface area contributed by atoms with Crippen LogP contribution in [0.25, 0.3) is 11.3 Å². The summed E-state index contributed by atoms with van der Waals surface area (Å²) in [4.78, 5) is 38.1. The van der Waals surface area contributed by atoms with Gasteiger partial charge in [0, 0.05) is 43.0 Å². The first-order chi connectivity index (χ1) is 14.1. The normalized spacial score (nSPS) is 16.6. The number of nitrogens with zero attached hydrogens (tertiary/aromatic N) is 3. The molecule has 3 aromatic rings. The van der Waals surface area contributed by atoms with Gasteiger partial charge < -0.3 is 9.88 Å². The van der Waals surface area contributed by atoms with Crippen LogP contribution in [0, 0.1) is 5.82 Å². The molecule has 1 aromatic carbocycles. The average molecular weight is 392 g/mol. The molecule has 7 heteroatoms. The SMILES string of the molecule is O=C(Cc1ccccc1F)N1CCC[C@@H](c2nc(-c3ccncc3)cc(=O)[nH]2)C1. The van der Waals surface area contributed by atoms with Gasteiger partial charge in [-0.05, 0) is 36.6 Å². The Morgan fingerprint density at radius 1 is 1.21 bits per heavy atom. The fourth-order valence-electron chi connectivity index (χ4n) is 3.68. The van der Waals surface area contributed by atoms with E-state index in [1.807, 2.05) is 0 Å². The Hall–Kier alpha value is -3.35. The Balaban J connectivity index is 1.53. The van der Waals surface area contributed by atoms with Crippen molar-refractivity contribution in [1.82, 2.24) is 19.9 Å². The molecule has 1 saturated heterocycles. The van der Waals surface area contributed by atoms with E-state index >= 15 is 0 Å². The van der Waals surface area contributed by atoms with Crippen molar-refractivity contribution in [2.45, 2.75) is 25.2 Å². The molecule has 2 aromatic heterocycles. The van der Waals surface area contributed by atoms with Crippen LogP contribution in [-0.4, -0.2) is 38.8 Å². The smallest absolute Gasteiger partial charge is 0.251 e. The number of aromatic amines is 1. The van der Waals surface area contributed by atoms with Crippen LogP contribution in [0.5, 0.6) is 0 Å². The second kappa shape index (κ2) is 8.34. The molecule has 1 aliphatic heterocycles. The average Bonchev–Trinajstić information content (AvgIpc) is 2.75. The zero-order valence-electron chi connectivity index (χ0n) is 15.8. The molecule has 1 aliphatic rings. The number of carbonyl (C=O) groups is 1. The summed E-state index contributed by atoms with van der Waals surface area (Å²) in [5.74, 6) is 0.0217. The van der Waals surface area contributed by atoms with E-state index in [1.54, 1.807) is 47.6 Å². The third-order valence-corrected chi connectivity index (χ3v) is 5.20. The Morgan fingerprint density at radius 2 is 2.00 bits per heavy atom. The molecule has 1 atom stereocenters. The van der Waals surface area contributed by atoms with Crippen molar-refractivity contribution in [2.75, 3.05) is 13.1 Å². The first-order valence-corrected chi connectivity index (χ1v) is 9.63. The van der Waals surface area contributed by atoms with E-state index in [-0.39, 0.29) is 29.6 Å². The van der Waals surface area contributed by atoms with Crippen LogP contribution in [0.15, 0.2) is 59.7 Å². The molecule has 1 amide bonds. The van der Waals surface area contributed by atoms with Crippen LogP contribution in [0.4, 0.5) is 4.39 Å². The van der Waals surface area contributed by atoms with Crippen LogP contribution in [-0.2, 0) is 11.2 Å². The maximum Gasteiger partial charge on any atom is 0.251 e. The van der Waals surface area contributed by atoms with Gasteiger partial charge in [0.1, 0.15) is 11.6 Å². The number of rotatable bonds is 4. The Morgan fingerprint density at radius 3 is 2.79 bits per heavy atom. The van der Waals surface area contributed by atoms with Gasteiger partial charge in [-0.2, -0.15) is 0 Å². The molecule has 6 nitrogen and oxygen atoms in total. The Kier molecular flexibility index (Phi) is 5.46. The number of pyridine rings is 1. The standard InChI is InChI=1S/C22H21FN4O2/c23-18-6-2-1-4-16(18)12-21(29)27-11-3-5-17(14-27)22-25-19(13-20(28)26-22)15-7-9-24-10-8-15/h1-2,4,6-10,13,17H,3,5,11-12,14H2,(H,25,26,28)/t17-/m1/s1. The minimum atomic E-state index is -0.370. The van der Waals surface area contributed by atoms with Crippen LogP contribution in [0.2, 0.25) is 0 Å². The van der Waals surface area contributed by atoms with E-state index in [2.05, 4.69) is 15.0 Å². The molecule has 29 heavy (non-hydrogen) atoms. The Labute approximate surface area is 167 Å². The van der Waals surface area contributed by atoms with Crippen LogP contribution >= 0.6 is 0 Å². The molecular formula is C22H21FN4O2. The zero-order valence-corrected chi connectivity index (χ0v) is 15.8. The minimum absolute atomic E-state index is 0.0282. The number of likely N-dealkylation sites (tertiary alicyclic amines) is 1. The molecule has 0 radical (unpaired) electrons. The van der Waals surface area contributed by atoms with Gasteiger partial charge in [-0.3, -0.25) is 14.6 Å². The summed E-state index contributed by atoms with van der Waals surface area (Å²) in [5, 5.41) is 0. The highest BCUT2D eigenvalue weighted by molar-refractivity contribution is 5.79. The molecule has 1 N–H and O–H groups in total. The van der Waals surface area contributed by atoms with E-state index in [0.717, 1.165) is 18.4 Å². The van der Waals surface area contributed by atoms with E-state index in [4.69, 9.17) is 0 Å². The van der Waals surface area contributed by atoms with E-state index in [9.17, 15) is 14.0 Å². The Bertz CT molecular complexity index is 1070. The van der Waals surface area contributed by atoms with Gasteiger partial charge in [0.15, 0.2) is 0 Å². The molecule has 0 saturated carbocycles. The van der Waals surface area contributed by atoms with Crippen LogP contribution < -0.4 is 5.56 Å². The van der Waals surface area contributed by atoms with Gasteiger partial charge in [-0.15, -0.1) is 0 Å². The lowest BCUT2D eigenvalue weighted by atomic mass is 9.96. The van der Waals surface area contributed by atoms with Crippen LogP contribution in [0.1, 0.15) is 30.1 Å². The highest BCUT2D eigenvalue weighted by Crippen LogP contribution is 2.26. The van der Waals surface area contributed by atoms with Crippen molar-refractivity contribution in [3.8, 4) is 11.3 Å². The van der Waals surface area contributed by atoms with Crippen molar-refractivity contribution in [1.29, 1.82) is 0 Å². The molecule has 4 rings (SSSR count).